The van der Waals surface area contributed by atoms with Gasteiger partial charge in [-0.3, -0.25) is 4.99 Å². The van der Waals surface area contributed by atoms with E-state index in [1.807, 2.05) is 24.4 Å². The molecule has 0 spiro atoms. The molecule has 0 aliphatic carbocycles. The molecule has 2 heteroatoms. The van der Waals surface area contributed by atoms with E-state index in [1.165, 1.54) is 16.7 Å². The molecule has 2 nitrogen and oxygen atoms in total. The van der Waals surface area contributed by atoms with Crippen LogP contribution in [0.2, 0.25) is 0 Å². The predicted molar refractivity (Wildman–Crippen MR) is 106 cm³/mol. The number of rotatable bonds is 4. The van der Waals surface area contributed by atoms with Gasteiger partial charge in [-0.2, -0.15) is 0 Å². The Labute approximate surface area is 150 Å². The van der Waals surface area contributed by atoms with Gasteiger partial charge in [0.25, 0.3) is 0 Å². The summed E-state index contributed by atoms with van der Waals surface area (Å²) in [6.07, 6.45) is 4.10. The quantitative estimate of drug-likeness (QED) is 0.563. The average Bonchev–Trinajstić information content (AvgIpc) is 3.10. The van der Waals surface area contributed by atoms with E-state index >= 15 is 0 Å². The molecule has 0 N–H and O–H groups in total. The summed E-state index contributed by atoms with van der Waals surface area (Å²) >= 11 is 0. The summed E-state index contributed by atoms with van der Waals surface area (Å²) in [5.74, 6) is 1.06. The van der Waals surface area contributed by atoms with Crippen molar-refractivity contribution >= 4 is 11.4 Å². The van der Waals surface area contributed by atoms with Crippen LogP contribution in [0.15, 0.2) is 59.7 Å². The molecule has 3 rings (SSSR count). The van der Waals surface area contributed by atoms with Gasteiger partial charge >= 0.3 is 0 Å². The summed E-state index contributed by atoms with van der Waals surface area (Å²) in [5, 5.41) is 0. The fraction of sp³-hybridized carbons (Fsp3) is 0.304. The topological polar surface area (TPSA) is 16.7 Å². The highest BCUT2D eigenvalue weighted by Gasteiger charge is 2.27. The molecule has 1 heterocycles. The van der Waals surface area contributed by atoms with Gasteiger partial charge in [0.2, 0.25) is 0 Å². The molecule has 1 atom stereocenters. The highest BCUT2D eigenvalue weighted by atomic mass is 14.7. The van der Waals surface area contributed by atoms with E-state index in [2.05, 4.69) is 67.9 Å². The molecular formula is C23H24N2. The van der Waals surface area contributed by atoms with Gasteiger partial charge in [-0.05, 0) is 40.2 Å². The second-order valence-electron chi connectivity index (χ2n) is 7.16. The van der Waals surface area contributed by atoms with Crippen LogP contribution in [-0.4, -0.2) is 5.71 Å². The molecule has 126 valence electrons. The Morgan fingerprint density at radius 3 is 2.20 bits per heavy atom. The number of hydrogen-bond donors (Lipinski definition) is 0. The van der Waals surface area contributed by atoms with Gasteiger partial charge in [-0.1, -0.05) is 70.2 Å². The van der Waals surface area contributed by atoms with Gasteiger partial charge in [-0.15, -0.1) is 0 Å². The zero-order chi connectivity index (χ0) is 18.0. The summed E-state index contributed by atoms with van der Waals surface area (Å²) < 4.78 is 0. The molecule has 1 aliphatic rings. The van der Waals surface area contributed by atoms with Gasteiger partial charge in [0, 0.05) is 12.1 Å². The molecule has 0 saturated carbocycles. The number of benzene rings is 2. The lowest BCUT2D eigenvalue weighted by atomic mass is 9.79. The second-order valence-corrected chi connectivity index (χ2v) is 7.16. The minimum atomic E-state index is 0.150. The first kappa shape index (κ1) is 17.2. The van der Waals surface area contributed by atoms with Crippen LogP contribution in [0, 0.1) is 6.57 Å². The van der Waals surface area contributed by atoms with Crippen LogP contribution in [-0.2, 0) is 0 Å². The lowest BCUT2D eigenvalue weighted by Crippen LogP contribution is -2.15. The zero-order valence-corrected chi connectivity index (χ0v) is 15.3. The van der Waals surface area contributed by atoms with E-state index in [0.29, 0.717) is 17.5 Å². The first-order chi connectivity index (χ1) is 12.0. The van der Waals surface area contributed by atoms with Crippen LogP contribution < -0.4 is 0 Å². The van der Waals surface area contributed by atoms with Crippen LogP contribution in [0.3, 0.4) is 0 Å². The minimum absolute atomic E-state index is 0.150. The maximum atomic E-state index is 7.28. The minimum Gasteiger partial charge on any atom is -0.260 e. The van der Waals surface area contributed by atoms with Crippen molar-refractivity contribution in [2.45, 2.75) is 45.4 Å². The van der Waals surface area contributed by atoms with Crippen LogP contribution in [0.25, 0.3) is 4.85 Å². The monoisotopic (exact) mass is 328 g/mol. The molecular weight excluding hydrogens is 304 g/mol. The highest BCUT2D eigenvalue weighted by molar-refractivity contribution is 6.08. The molecule has 1 unspecified atom stereocenters. The third-order valence-electron chi connectivity index (χ3n) is 4.79. The smallest absolute Gasteiger partial charge is 0.187 e. The molecule has 25 heavy (non-hydrogen) atoms. The standard InChI is InChI=1S/C23H24N2/c1-15(2)19-10-7-11-20(16(3)4)22(19)21-12-13-25-23(21)17-8-6-9-18(14-17)24-5/h6-16,21H,1-4H3. The van der Waals surface area contributed by atoms with Crippen LogP contribution in [0.1, 0.15) is 67.7 Å². The molecule has 0 radical (unpaired) electrons. The van der Waals surface area contributed by atoms with E-state index in [-0.39, 0.29) is 5.92 Å². The summed E-state index contributed by atoms with van der Waals surface area (Å²) in [6, 6.07) is 14.4. The summed E-state index contributed by atoms with van der Waals surface area (Å²) in [7, 11) is 0. The Morgan fingerprint density at radius 2 is 1.60 bits per heavy atom. The molecule has 2 aromatic carbocycles. The Balaban J connectivity index is 2.14. The normalized spacial score (nSPS) is 16.4. The van der Waals surface area contributed by atoms with Crippen molar-refractivity contribution < 1.29 is 0 Å². The fourth-order valence-electron chi connectivity index (χ4n) is 3.57. The maximum Gasteiger partial charge on any atom is 0.187 e. The van der Waals surface area contributed by atoms with Gasteiger partial charge in [0.1, 0.15) is 0 Å². The Bertz CT molecular complexity index is 853. The van der Waals surface area contributed by atoms with Crippen molar-refractivity contribution in [3.63, 3.8) is 0 Å². The summed E-state index contributed by atoms with van der Waals surface area (Å²) in [6.45, 7) is 16.3. The number of aliphatic imine (C=N–C) groups is 1. The van der Waals surface area contributed by atoms with Crippen molar-refractivity contribution in [2.24, 2.45) is 4.99 Å². The van der Waals surface area contributed by atoms with E-state index in [9.17, 15) is 0 Å². The average molecular weight is 328 g/mol. The molecule has 0 saturated heterocycles. The SMILES string of the molecule is [C-]#[N+]c1cccc(C2=NC=CC2c2c(C(C)C)cccc2C(C)C)c1. The lowest BCUT2D eigenvalue weighted by molar-refractivity contribution is 0.801. The van der Waals surface area contributed by atoms with Crippen molar-refractivity contribution in [1.29, 1.82) is 0 Å². The zero-order valence-electron chi connectivity index (χ0n) is 15.3. The number of hydrogen-bond acceptors (Lipinski definition) is 1. The van der Waals surface area contributed by atoms with Crippen molar-refractivity contribution in [1.82, 2.24) is 0 Å². The first-order valence-electron chi connectivity index (χ1n) is 8.88. The summed E-state index contributed by atoms with van der Waals surface area (Å²) in [5.41, 5.74) is 6.89. The molecule has 2 aromatic rings. The second kappa shape index (κ2) is 7.07. The molecule has 0 amide bonds. The van der Waals surface area contributed by atoms with Crippen LogP contribution in [0.5, 0.6) is 0 Å². The molecule has 0 fully saturated rings. The maximum absolute atomic E-state index is 7.28. The van der Waals surface area contributed by atoms with E-state index in [0.717, 1.165) is 11.3 Å². The highest BCUT2D eigenvalue weighted by Crippen LogP contribution is 2.38. The number of nitrogens with zero attached hydrogens (tertiary/aromatic N) is 2. The molecule has 0 bridgehead atoms. The third kappa shape index (κ3) is 3.28. The van der Waals surface area contributed by atoms with Gasteiger partial charge in [-0.25, -0.2) is 4.85 Å². The van der Waals surface area contributed by atoms with E-state index < -0.39 is 0 Å². The largest absolute Gasteiger partial charge is 0.260 e. The number of allylic oxidation sites excluding steroid dienone is 1. The Morgan fingerprint density at radius 1 is 0.960 bits per heavy atom. The molecule has 0 aromatic heterocycles. The summed E-state index contributed by atoms with van der Waals surface area (Å²) in [4.78, 5) is 8.24. The van der Waals surface area contributed by atoms with Crippen LogP contribution >= 0.6 is 0 Å². The Kier molecular flexibility index (Phi) is 4.86. The van der Waals surface area contributed by atoms with Crippen molar-refractivity contribution in [2.75, 3.05) is 0 Å². The third-order valence-corrected chi connectivity index (χ3v) is 4.79. The van der Waals surface area contributed by atoms with Crippen LogP contribution in [0.4, 0.5) is 5.69 Å². The van der Waals surface area contributed by atoms with Gasteiger partial charge in [0.15, 0.2) is 5.69 Å². The molecule has 1 aliphatic heterocycles. The van der Waals surface area contributed by atoms with Crippen molar-refractivity contribution in [3.8, 4) is 0 Å². The van der Waals surface area contributed by atoms with E-state index in [1.54, 1.807) is 0 Å². The van der Waals surface area contributed by atoms with Crippen molar-refractivity contribution in [3.05, 3.63) is 88.4 Å². The van der Waals surface area contributed by atoms with Gasteiger partial charge in [0.05, 0.1) is 12.3 Å². The lowest BCUT2D eigenvalue weighted by Gasteiger charge is -2.24. The first-order valence-corrected chi connectivity index (χ1v) is 8.88. The van der Waals surface area contributed by atoms with Gasteiger partial charge < -0.3 is 0 Å². The predicted octanol–water partition coefficient (Wildman–Crippen LogP) is 6.58. The Hall–Kier alpha value is -2.66. The fourth-order valence-corrected chi connectivity index (χ4v) is 3.57. The van der Waals surface area contributed by atoms with E-state index in [4.69, 9.17) is 6.57 Å².